The fourth-order valence-corrected chi connectivity index (χ4v) is 2.76. The largest absolute Gasteiger partial charge is 0.338 e. The lowest BCUT2D eigenvalue weighted by Crippen LogP contribution is -2.20. The third-order valence-corrected chi connectivity index (χ3v) is 4.28. The molecule has 0 atom stereocenters. The highest BCUT2D eigenvalue weighted by Gasteiger charge is 2.08. The molecule has 0 saturated heterocycles. The minimum Gasteiger partial charge on any atom is -0.338 e. The number of rotatable bonds is 3. The second kappa shape index (κ2) is 6.49. The van der Waals surface area contributed by atoms with Crippen LogP contribution >= 0.6 is 11.6 Å². The number of aryl methyl sites for hydroxylation is 2. The average Bonchev–Trinajstić information content (AvgIpc) is 2.53. The van der Waals surface area contributed by atoms with Crippen molar-refractivity contribution in [3.63, 3.8) is 0 Å². The highest BCUT2D eigenvalue weighted by atomic mass is 35.5. The molecule has 0 bridgehead atoms. The number of nitrogens with zero attached hydrogens (tertiary/aromatic N) is 1. The van der Waals surface area contributed by atoms with Gasteiger partial charge in [0.1, 0.15) is 6.54 Å². The molecule has 0 fully saturated rings. The molecule has 0 saturated carbocycles. The van der Waals surface area contributed by atoms with Crippen molar-refractivity contribution < 1.29 is 4.79 Å². The predicted molar refractivity (Wildman–Crippen MR) is 97.8 cm³/mol. The van der Waals surface area contributed by atoms with Crippen LogP contribution in [-0.2, 0) is 11.3 Å². The predicted octanol–water partition coefficient (Wildman–Crippen LogP) is 3.91. The Labute approximate surface area is 144 Å². The second-order valence-electron chi connectivity index (χ2n) is 5.82. The molecule has 1 amide bonds. The van der Waals surface area contributed by atoms with Crippen LogP contribution < -0.4 is 10.7 Å². The Kier molecular flexibility index (Phi) is 4.40. The first-order valence-electron chi connectivity index (χ1n) is 7.60. The molecule has 3 rings (SSSR count). The van der Waals surface area contributed by atoms with Crippen LogP contribution in [0.1, 0.15) is 11.1 Å². The van der Waals surface area contributed by atoms with Gasteiger partial charge in [-0.2, -0.15) is 0 Å². The van der Waals surface area contributed by atoms with E-state index in [1.807, 2.05) is 32.0 Å². The molecule has 1 N–H and O–H groups in total. The number of carbonyl (C=O) groups is 1. The van der Waals surface area contributed by atoms with Crippen LogP contribution in [0.2, 0.25) is 5.02 Å². The van der Waals surface area contributed by atoms with E-state index in [0.717, 1.165) is 11.3 Å². The first-order chi connectivity index (χ1) is 11.4. The zero-order chi connectivity index (χ0) is 17.3. The Morgan fingerprint density at radius 2 is 1.88 bits per heavy atom. The fourth-order valence-electron chi connectivity index (χ4n) is 2.59. The van der Waals surface area contributed by atoms with E-state index in [2.05, 4.69) is 5.32 Å². The number of fused-ring (bicyclic) bond motifs is 1. The van der Waals surface area contributed by atoms with Crippen molar-refractivity contribution in [2.75, 3.05) is 5.32 Å². The molecule has 122 valence electrons. The molecule has 2 aromatic carbocycles. The van der Waals surface area contributed by atoms with Gasteiger partial charge in [-0.05, 0) is 55.3 Å². The summed E-state index contributed by atoms with van der Waals surface area (Å²) >= 11 is 6.03. The van der Waals surface area contributed by atoms with Crippen LogP contribution in [0.15, 0.2) is 53.5 Å². The summed E-state index contributed by atoms with van der Waals surface area (Å²) in [5, 5.41) is 3.95. The minimum atomic E-state index is -0.164. The van der Waals surface area contributed by atoms with Gasteiger partial charge in [-0.25, -0.2) is 0 Å². The lowest BCUT2D eigenvalue weighted by atomic mass is 10.1. The van der Waals surface area contributed by atoms with E-state index < -0.39 is 0 Å². The van der Waals surface area contributed by atoms with Crippen LogP contribution in [0.4, 0.5) is 5.69 Å². The van der Waals surface area contributed by atoms with Crippen molar-refractivity contribution in [2.45, 2.75) is 20.4 Å². The molecule has 5 heteroatoms. The number of anilines is 1. The molecule has 1 heterocycles. The molecule has 0 aliphatic carbocycles. The SMILES string of the molecule is Cc1ccc(NC(=O)Cn2ccc(=O)c3ccc(Cl)cc32)cc1C. The first-order valence-corrected chi connectivity index (χ1v) is 7.97. The van der Waals surface area contributed by atoms with E-state index in [1.165, 1.54) is 11.6 Å². The highest BCUT2D eigenvalue weighted by Crippen LogP contribution is 2.17. The minimum absolute atomic E-state index is 0.0903. The Morgan fingerprint density at radius 1 is 1.08 bits per heavy atom. The molecule has 1 aromatic heterocycles. The number of hydrogen-bond acceptors (Lipinski definition) is 2. The van der Waals surface area contributed by atoms with Crippen LogP contribution in [0.5, 0.6) is 0 Å². The van der Waals surface area contributed by atoms with E-state index in [9.17, 15) is 9.59 Å². The van der Waals surface area contributed by atoms with E-state index in [0.29, 0.717) is 15.9 Å². The maximum absolute atomic E-state index is 12.3. The smallest absolute Gasteiger partial charge is 0.244 e. The summed E-state index contributed by atoms with van der Waals surface area (Å²) in [6.07, 6.45) is 1.61. The van der Waals surface area contributed by atoms with Crippen LogP contribution in [0.25, 0.3) is 10.9 Å². The zero-order valence-electron chi connectivity index (χ0n) is 13.5. The van der Waals surface area contributed by atoms with Crippen LogP contribution in [-0.4, -0.2) is 10.5 Å². The summed E-state index contributed by atoms with van der Waals surface area (Å²) in [5.41, 5.74) is 3.60. The summed E-state index contributed by atoms with van der Waals surface area (Å²) in [5.74, 6) is -0.164. The van der Waals surface area contributed by atoms with E-state index in [1.54, 1.807) is 29.0 Å². The molecule has 0 spiro atoms. The lowest BCUT2D eigenvalue weighted by Gasteiger charge is -2.12. The Hall–Kier alpha value is -2.59. The lowest BCUT2D eigenvalue weighted by molar-refractivity contribution is -0.116. The number of hydrogen-bond donors (Lipinski definition) is 1. The summed E-state index contributed by atoms with van der Waals surface area (Å²) in [6.45, 7) is 4.13. The monoisotopic (exact) mass is 340 g/mol. The number of amides is 1. The Morgan fingerprint density at radius 3 is 2.62 bits per heavy atom. The van der Waals surface area contributed by atoms with Gasteiger partial charge < -0.3 is 9.88 Å². The number of benzene rings is 2. The quantitative estimate of drug-likeness (QED) is 0.786. The summed E-state index contributed by atoms with van der Waals surface area (Å²) in [7, 11) is 0. The van der Waals surface area contributed by atoms with Crippen LogP contribution in [0.3, 0.4) is 0 Å². The number of aromatic nitrogens is 1. The molecule has 4 nitrogen and oxygen atoms in total. The molecule has 0 radical (unpaired) electrons. The maximum atomic E-state index is 12.3. The van der Waals surface area contributed by atoms with Gasteiger partial charge in [0, 0.05) is 28.4 Å². The zero-order valence-corrected chi connectivity index (χ0v) is 14.2. The maximum Gasteiger partial charge on any atom is 0.244 e. The normalized spacial score (nSPS) is 10.8. The second-order valence-corrected chi connectivity index (χ2v) is 6.25. The number of halogens is 1. The van der Waals surface area contributed by atoms with E-state index in [4.69, 9.17) is 11.6 Å². The third kappa shape index (κ3) is 3.34. The molecule has 24 heavy (non-hydrogen) atoms. The van der Waals surface area contributed by atoms with Gasteiger partial charge >= 0.3 is 0 Å². The number of nitrogens with one attached hydrogen (secondary N) is 1. The van der Waals surface area contributed by atoms with Gasteiger partial charge in [-0.1, -0.05) is 17.7 Å². The highest BCUT2D eigenvalue weighted by molar-refractivity contribution is 6.31. The van der Waals surface area contributed by atoms with Gasteiger partial charge in [0.15, 0.2) is 5.43 Å². The molecule has 0 aliphatic heterocycles. The Balaban J connectivity index is 1.88. The van der Waals surface area contributed by atoms with Gasteiger partial charge in [0.2, 0.25) is 5.91 Å². The standard InChI is InChI=1S/C19H17ClN2O2/c1-12-3-5-15(9-13(12)2)21-19(24)11-22-8-7-18(23)16-6-4-14(20)10-17(16)22/h3-10H,11H2,1-2H3,(H,21,24). The molecular formula is C19H17ClN2O2. The van der Waals surface area contributed by atoms with Crippen molar-refractivity contribution >= 4 is 34.1 Å². The molecular weight excluding hydrogens is 324 g/mol. The van der Waals surface area contributed by atoms with Gasteiger partial charge in [0.25, 0.3) is 0 Å². The van der Waals surface area contributed by atoms with E-state index >= 15 is 0 Å². The van der Waals surface area contributed by atoms with Crippen molar-refractivity contribution in [2.24, 2.45) is 0 Å². The number of pyridine rings is 1. The van der Waals surface area contributed by atoms with Gasteiger partial charge in [-0.15, -0.1) is 0 Å². The summed E-state index contributed by atoms with van der Waals surface area (Å²) in [4.78, 5) is 24.3. The molecule has 3 aromatic rings. The van der Waals surface area contributed by atoms with Gasteiger partial charge in [-0.3, -0.25) is 9.59 Å². The third-order valence-electron chi connectivity index (χ3n) is 4.05. The van der Waals surface area contributed by atoms with Crippen molar-refractivity contribution in [3.05, 3.63) is 75.0 Å². The summed E-state index contributed by atoms with van der Waals surface area (Å²) < 4.78 is 1.72. The Bertz CT molecular complexity index is 992. The van der Waals surface area contributed by atoms with Crippen molar-refractivity contribution in [1.82, 2.24) is 4.57 Å². The molecule has 0 aliphatic rings. The first kappa shape index (κ1) is 16.3. The summed E-state index contributed by atoms with van der Waals surface area (Å²) in [6, 6.07) is 12.3. The number of carbonyl (C=O) groups excluding carboxylic acids is 1. The fraction of sp³-hybridized carbons (Fsp3) is 0.158. The van der Waals surface area contributed by atoms with Crippen LogP contribution in [0, 0.1) is 13.8 Å². The topological polar surface area (TPSA) is 51.1 Å². The van der Waals surface area contributed by atoms with Crippen molar-refractivity contribution in [1.29, 1.82) is 0 Å². The van der Waals surface area contributed by atoms with Crippen molar-refractivity contribution in [3.8, 4) is 0 Å². The average molecular weight is 341 g/mol. The van der Waals surface area contributed by atoms with E-state index in [-0.39, 0.29) is 17.9 Å². The van der Waals surface area contributed by atoms with Gasteiger partial charge in [0.05, 0.1) is 5.52 Å². The molecule has 0 unspecified atom stereocenters.